The van der Waals surface area contributed by atoms with Gasteiger partial charge in [-0.25, -0.2) is 13.4 Å². The molecule has 5 nitrogen and oxygen atoms in total. The summed E-state index contributed by atoms with van der Waals surface area (Å²) in [5, 5.41) is -0.0543. The predicted molar refractivity (Wildman–Crippen MR) is 84.0 cm³/mol. The highest BCUT2D eigenvalue weighted by Crippen LogP contribution is 2.43. The lowest BCUT2D eigenvalue weighted by molar-refractivity contribution is 0.415. The fourth-order valence-corrected chi connectivity index (χ4v) is 3.82. The van der Waals surface area contributed by atoms with Crippen molar-refractivity contribution >= 4 is 68.7 Å². The second-order valence-electron chi connectivity index (χ2n) is 3.76. The van der Waals surface area contributed by atoms with Gasteiger partial charge in [0.1, 0.15) is 5.75 Å². The molecular formula is C10H9Br3N2O3S. The zero-order valence-electron chi connectivity index (χ0n) is 9.89. The monoisotopic (exact) mass is 474 g/mol. The summed E-state index contributed by atoms with van der Waals surface area (Å²) in [5.41, 5.74) is 1.26. The van der Waals surface area contributed by atoms with Crippen molar-refractivity contribution < 1.29 is 13.2 Å². The molecule has 0 N–H and O–H groups in total. The van der Waals surface area contributed by atoms with E-state index in [0.29, 0.717) is 16.8 Å². The maximum Gasteiger partial charge on any atom is 0.247 e. The average Bonchev–Trinajstić information content (AvgIpc) is 2.65. The number of benzene rings is 1. The Kier molecular flexibility index (Phi) is 4.03. The number of rotatable bonds is 2. The van der Waals surface area contributed by atoms with Gasteiger partial charge in [-0.15, -0.1) is 0 Å². The van der Waals surface area contributed by atoms with Gasteiger partial charge in [-0.1, -0.05) is 0 Å². The molecule has 2 rings (SSSR count). The number of alkyl halides is 3. The van der Waals surface area contributed by atoms with Crippen LogP contribution in [0.4, 0.5) is 0 Å². The van der Waals surface area contributed by atoms with E-state index in [1.807, 2.05) is 0 Å². The fourth-order valence-electron chi connectivity index (χ4n) is 1.63. The summed E-state index contributed by atoms with van der Waals surface area (Å²) in [4.78, 5) is 4.16. The molecule has 0 aliphatic heterocycles. The molecule has 0 spiro atoms. The largest absolute Gasteiger partial charge is 0.497 e. The van der Waals surface area contributed by atoms with Crippen molar-refractivity contribution in [2.45, 2.75) is 6.63 Å². The molecule has 0 amide bonds. The molecule has 104 valence electrons. The van der Waals surface area contributed by atoms with Crippen LogP contribution in [0.15, 0.2) is 23.4 Å². The molecule has 19 heavy (non-hydrogen) atoms. The number of imidazole rings is 1. The van der Waals surface area contributed by atoms with Gasteiger partial charge in [-0.2, -0.15) is 0 Å². The highest BCUT2D eigenvalue weighted by Gasteiger charge is 2.40. The van der Waals surface area contributed by atoms with Crippen molar-refractivity contribution in [1.29, 1.82) is 0 Å². The lowest BCUT2D eigenvalue weighted by atomic mass is 10.3. The van der Waals surface area contributed by atoms with Gasteiger partial charge in [-0.3, -0.25) is 0 Å². The van der Waals surface area contributed by atoms with Crippen LogP contribution < -0.4 is 4.74 Å². The third kappa shape index (κ3) is 2.57. The molecule has 1 heterocycles. The number of nitrogens with zero attached hydrogens (tertiary/aromatic N) is 2. The lowest BCUT2D eigenvalue weighted by Crippen LogP contribution is -2.21. The lowest BCUT2D eigenvalue weighted by Gasteiger charge is -2.12. The first-order chi connectivity index (χ1) is 8.68. The number of fused-ring (bicyclic) bond motifs is 1. The summed E-state index contributed by atoms with van der Waals surface area (Å²) in [6, 6.07) is 5.20. The van der Waals surface area contributed by atoms with Gasteiger partial charge in [0.05, 0.1) is 18.1 Å². The Morgan fingerprint density at radius 2 is 1.95 bits per heavy atom. The number of methoxy groups -OCH3 is 1. The Morgan fingerprint density at radius 1 is 1.32 bits per heavy atom. The van der Waals surface area contributed by atoms with E-state index < -0.39 is 11.3 Å². The minimum atomic E-state index is -3.73. The smallest absolute Gasteiger partial charge is 0.247 e. The molecule has 0 unspecified atom stereocenters. The second-order valence-corrected chi connectivity index (χ2v) is 14.1. The standard InChI is InChI=1S/C10H9Br3N2O3S/c1-15-8-4-3-6(18-2)5-7(8)14-9(15)19(16,17)10(11,12)13/h3-5H,1-2H3. The van der Waals surface area contributed by atoms with E-state index in [1.165, 1.54) is 4.57 Å². The van der Waals surface area contributed by atoms with Gasteiger partial charge < -0.3 is 9.30 Å². The van der Waals surface area contributed by atoms with Gasteiger partial charge in [-0.05, 0) is 59.9 Å². The maximum atomic E-state index is 12.3. The Morgan fingerprint density at radius 3 is 2.47 bits per heavy atom. The van der Waals surface area contributed by atoms with E-state index >= 15 is 0 Å². The van der Waals surface area contributed by atoms with Gasteiger partial charge in [0.2, 0.25) is 16.5 Å². The number of sulfone groups is 1. The second kappa shape index (κ2) is 5.01. The third-order valence-corrected chi connectivity index (χ3v) is 7.88. The molecule has 0 radical (unpaired) electrons. The van der Waals surface area contributed by atoms with Crippen molar-refractivity contribution in [1.82, 2.24) is 9.55 Å². The molecular weight excluding hydrogens is 468 g/mol. The van der Waals surface area contributed by atoms with Crippen LogP contribution in [0.5, 0.6) is 5.75 Å². The number of hydrogen-bond donors (Lipinski definition) is 0. The van der Waals surface area contributed by atoms with Crippen LogP contribution in [0.2, 0.25) is 0 Å². The number of ether oxygens (including phenoxy) is 1. The van der Waals surface area contributed by atoms with E-state index in [9.17, 15) is 8.42 Å². The van der Waals surface area contributed by atoms with Crippen LogP contribution in [-0.4, -0.2) is 26.6 Å². The predicted octanol–water partition coefficient (Wildman–Crippen LogP) is 3.15. The van der Waals surface area contributed by atoms with E-state index in [-0.39, 0.29) is 5.16 Å². The zero-order chi connectivity index (χ0) is 14.4. The Bertz CT molecular complexity index is 734. The van der Waals surface area contributed by atoms with Gasteiger partial charge in [0.25, 0.3) is 0 Å². The minimum Gasteiger partial charge on any atom is -0.497 e. The fraction of sp³-hybridized carbons (Fsp3) is 0.300. The molecule has 0 atom stereocenters. The topological polar surface area (TPSA) is 61.2 Å². The molecule has 9 heteroatoms. The normalized spacial score (nSPS) is 12.9. The molecule has 1 aromatic heterocycles. The molecule has 0 saturated carbocycles. The Hall–Kier alpha value is -0.120. The van der Waals surface area contributed by atoms with Crippen LogP contribution in [0.25, 0.3) is 11.0 Å². The minimum absolute atomic E-state index is 0.0543. The van der Waals surface area contributed by atoms with Gasteiger partial charge in [0.15, 0.2) is 0 Å². The molecule has 0 aliphatic carbocycles. The maximum absolute atomic E-state index is 12.3. The summed E-state index contributed by atoms with van der Waals surface area (Å²) in [7, 11) is -0.537. The quantitative estimate of drug-likeness (QED) is 0.625. The molecule has 2 aromatic rings. The summed E-state index contributed by atoms with van der Waals surface area (Å²) < 4.78 is 29.9. The SMILES string of the molecule is COc1ccc2c(c1)nc(S(=O)(=O)C(Br)(Br)Br)n2C. The van der Waals surface area contributed by atoms with Crippen LogP contribution in [0.1, 0.15) is 0 Å². The first kappa shape index (κ1) is 15.3. The first-order valence-corrected chi connectivity index (χ1v) is 8.86. The Labute approximate surface area is 135 Å². The van der Waals surface area contributed by atoms with E-state index in [0.717, 1.165) is 0 Å². The number of hydrogen-bond acceptors (Lipinski definition) is 4. The van der Waals surface area contributed by atoms with E-state index in [2.05, 4.69) is 52.8 Å². The van der Waals surface area contributed by atoms with Crippen LogP contribution in [0.3, 0.4) is 0 Å². The van der Waals surface area contributed by atoms with Crippen LogP contribution in [0, 0.1) is 0 Å². The summed E-state index contributed by atoms with van der Waals surface area (Å²) in [5.74, 6) is 0.623. The molecule has 0 fully saturated rings. The van der Waals surface area contributed by atoms with Crippen molar-refractivity contribution in [2.75, 3.05) is 7.11 Å². The number of aromatic nitrogens is 2. The first-order valence-electron chi connectivity index (χ1n) is 5.00. The third-order valence-electron chi connectivity index (χ3n) is 2.59. The van der Waals surface area contributed by atoms with Crippen molar-refractivity contribution in [3.63, 3.8) is 0 Å². The van der Waals surface area contributed by atoms with Crippen molar-refractivity contribution in [3.05, 3.63) is 18.2 Å². The Balaban J connectivity index is 2.74. The molecule has 1 aromatic carbocycles. The van der Waals surface area contributed by atoms with E-state index in [4.69, 9.17) is 4.74 Å². The molecule has 0 saturated heterocycles. The summed E-state index contributed by atoms with van der Waals surface area (Å²) >= 11 is 9.07. The average molecular weight is 477 g/mol. The van der Waals surface area contributed by atoms with Crippen molar-refractivity contribution in [3.8, 4) is 5.75 Å². The highest BCUT2D eigenvalue weighted by molar-refractivity contribution is 9.42. The summed E-state index contributed by atoms with van der Waals surface area (Å²) in [6.45, 7) is 0. The highest BCUT2D eigenvalue weighted by atomic mass is 80.0. The van der Waals surface area contributed by atoms with Crippen LogP contribution in [-0.2, 0) is 16.9 Å². The molecule has 0 aliphatic rings. The van der Waals surface area contributed by atoms with E-state index in [1.54, 1.807) is 32.4 Å². The van der Waals surface area contributed by atoms with Crippen LogP contribution >= 0.6 is 47.8 Å². The number of halogens is 3. The van der Waals surface area contributed by atoms with Gasteiger partial charge in [0, 0.05) is 13.1 Å². The summed E-state index contributed by atoms with van der Waals surface area (Å²) in [6.07, 6.45) is 0. The number of aryl methyl sites for hydroxylation is 1. The van der Waals surface area contributed by atoms with Crippen molar-refractivity contribution in [2.24, 2.45) is 7.05 Å². The molecule has 0 bridgehead atoms. The van der Waals surface area contributed by atoms with Gasteiger partial charge >= 0.3 is 0 Å². The zero-order valence-corrected chi connectivity index (χ0v) is 15.5.